The van der Waals surface area contributed by atoms with Crippen LogP contribution >= 0.6 is 84.0 Å². The maximum Gasteiger partial charge on any atom is 0.0367 e. The van der Waals surface area contributed by atoms with E-state index in [4.69, 9.17) is 8.83 Å². The standard InChI is InChI=1S/C23H25N3O4.C13H19BrN2.C13H19N2.C10H14N2.C9H4INO4.C4H8Br2.2CH4.BrH.Zn/c27-23-12-9-20-19(21(26(28)29)10-11-22(20)30-23)8-4-5-13-24-14-16-25(17-15-24)18-6-2-1-3-7-18;14-7-4-8-15-9-11-16(12-10-15)13-5-2-1-3-6-13;1-2-8-14-9-11-15(12-10-14)13-6-4-3-5-7-13;1-2-4-10(5-3-1)12-8-6-11-7-9-12;10-9-5-1-4-8(12)15-7(5)3-2-6(9)11(13)14;5-3-1-2-4-6;;;;/h1-3,6-7,9-12H,4-5,8,13-17H2;1-3,5-6H,4,7-12H2;3-7H,1-2,8-12H2;1-5,11H,6-9H2;1-4H;1-4H2;2*1H4;1H;/q;;-1;;;;;;;+2/p-1. The van der Waals surface area contributed by atoms with Crippen molar-refractivity contribution in [1.29, 1.82) is 0 Å². The second-order valence-electron chi connectivity index (χ2n) is 22.8. The van der Waals surface area contributed by atoms with Crippen molar-refractivity contribution in [3.05, 3.63) is 227 Å². The first-order valence-electron chi connectivity index (χ1n) is 32.8. The number of nitrogens with zero attached hydrogens (tertiary/aromatic N) is 9. The van der Waals surface area contributed by atoms with Crippen LogP contribution < -0.4 is 36.2 Å². The molecule has 1 N–H and O–H groups in total. The van der Waals surface area contributed by atoms with Crippen LogP contribution in [0.4, 0.5) is 34.1 Å². The zero-order valence-corrected chi connectivity index (χ0v) is 66.2. The first-order valence-corrected chi connectivity index (χ1v) is 44.2. The van der Waals surface area contributed by atoms with Crippen LogP contribution in [0.25, 0.3) is 21.9 Å². The molecule has 98 heavy (non-hydrogen) atoms. The molecule has 12 rings (SSSR count). The Hall–Kier alpha value is -5.15. The molecule has 0 aliphatic carbocycles. The maximum absolute atomic E-state index is 11.5. The van der Waals surface area contributed by atoms with Crippen LogP contribution in [-0.4, -0.2) is 165 Å². The smallest absolute Gasteiger partial charge is 0.0367 e. The molecule has 0 radical (unpaired) electrons. The second kappa shape index (κ2) is 49.4. The summed E-state index contributed by atoms with van der Waals surface area (Å²) in [6.45, 7) is 25.1. The van der Waals surface area contributed by atoms with E-state index in [1.165, 1.54) is 134 Å². The molecule has 0 atom stereocenters. The molecule has 6 aromatic carbocycles. The molecule has 4 saturated heterocycles. The van der Waals surface area contributed by atoms with Gasteiger partial charge in [-0.05, 0) is 154 Å². The van der Waals surface area contributed by atoms with Crippen LogP contribution in [0.15, 0.2) is 188 Å². The largest absolute Gasteiger partial charge is 0.369 e. The number of para-hydroxylation sites is 4. The molecule has 0 spiro atoms. The number of nitro benzene ring substituents is 2. The van der Waals surface area contributed by atoms with Gasteiger partial charge in [0.05, 0.1) is 9.85 Å². The van der Waals surface area contributed by atoms with Crippen molar-refractivity contribution in [3.8, 4) is 0 Å². The summed E-state index contributed by atoms with van der Waals surface area (Å²) in [6.07, 6.45) is 7.24. The van der Waals surface area contributed by atoms with Gasteiger partial charge in [0, 0.05) is 184 Å². The Morgan fingerprint density at radius 1 is 0.439 bits per heavy atom. The van der Waals surface area contributed by atoms with E-state index in [1.54, 1.807) is 6.07 Å². The topological polar surface area (TPSA) is 181 Å². The molecule has 4 aliphatic rings. The summed E-state index contributed by atoms with van der Waals surface area (Å²) in [5.41, 5.74) is 5.93. The number of hydrogen-bond donors (Lipinski definition) is 1. The molecule has 18 nitrogen and oxygen atoms in total. The van der Waals surface area contributed by atoms with Crippen LogP contribution in [0, 0.1) is 30.7 Å². The van der Waals surface area contributed by atoms with E-state index in [-0.39, 0.29) is 31.2 Å². The fourth-order valence-electron chi connectivity index (χ4n) is 11.4. The van der Waals surface area contributed by atoms with Gasteiger partial charge in [-0.2, -0.15) is 6.42 Å². The number of fused-ring (bicyclic) bond motifs is 2. The molecule has 6 heterocycles. The Kier molecular flexibility index (Phi) is 43.0. The van der Waals surface area contributed by atoms with Gasteiger partial charge >= 0.3 is 41.2 Å². The van der Waals surface area contributed by atoms with Gasteiger partial charge in [0.2, 0.25) is 0 Å². The number of rotatable bonds is 19. The second-order valence-corrected chi connectivity index (χ2v) is 26.3. The molecule has 0 amide bonds. The molecule has 4 aliphatic heterocycles. The van der Waals surface area contributed by atoms with E-state index < -0.39 is 16.2 Å². The van der Waals surface area contributed by atoms with Crippen LogP contribution in [-0.2, 0) is 22.8 Å². The Labute approximate surface area is 636 Å². The van der Waals surface area contributed by atoms with Gasteiger partial charge in [-0.3, -0.25) is 30.0 Å². The number of anilines is 4. The van der Waals surface area contributed by atoms with E-state index in [0.717, 1.165) is 127 Å². The number of benzene rings is 6. The Morgan fingerprint density at radius 3 is 1.16 bits per heavy atom. The first-order chi connectivity index (χ1) is 46.9. The summed E-state index contributed by atoms with van der Waals surface area (Å²) in [5, 5.41) is 30.1. The maximum atomic E-state index is 11.5. The van der Waals surface area contributed by atoms with Crippen molar-refractivity contribution in [2.24, 2.45) is 0 Å². The van der Waals surface area contributed by atoms with Crippen molar-refractivity contribution in [1.82, 2.24) is 20.0 Å². The van der Waals surface area contributed by atoms with E-state index in [1.807, 2.05) is 28.7 Å². The summed E-state index contributed by atoms with van der Waals surface area (Å²) in [5.74, 6) is 0. The molecule has 0 saturated carbocycles. The number of halogens is 5. The number of aryl methyl sites for hydroxylation is 1. The molecule has 8 aromatic rings. The SMILES string of the molecule is BrCCCCBr.BrCCCN1CCN(c2ccccc2)CC1.C.C.O=c1ccc2c(CCCCN3CCN(c4ccccc4)CC3)c([N+](=O)[O-])ccc2o1.O=c1ccc2c(I)c([N+](=O)[O-])ccc2o1.[CH2-]CCN1CCN(c2ccccc2)CC1.[Zn+][Br].c1ccc(N2CCNCC2)cc1. The van der Waals surface area contributed by atoms with Crippen LogP contribution in [0.5, 0.6) is 0 Å². The number of hydrogen-bond acceptors (Lipinski definition) is 16. The zero-order valence-electron chi connectivity index (χ0n) is 54.8. The Morgan fingerprint density at radius 2 is 0.786 bits per heavy atom. The number of nitro groups is 2. The summed E-state index contributed by atoms with van der Waals surface area (Å²) >= 11 is 16.3. The van der Waals surface area contributed by atoms with Crippen molar-refractivity contribution < 1.29 is 35.0 Å². The van der Waals surface area contributed by atoms with Crippen LogP contribution in [0.2, 0.25) is 0 Å². The fourth-order valence-corrected chi connectivity index (χ4v) is 13.2. The molecule has 24 heteroatoms. The van der Waals surface area contributed by atoms with E-state index in [0.29, 0.717) is 37.5 Å². The predicted molar refractivity (Wildman–Crippen MR) is 428 cm³/mol. The van der Waals surface area contributed by atoms with Gasteiger partial charge in [0.1, 0.15) is 14.7 Å². The fraction of sp³-hybridized carbons (Fsp3) is 0.419. The Bertz CT molecular complexity index is 3590. The Balaban J connectivity index is 0.000000261. The average molecular weight is 1770 g/mol. The third-order valence-electron chi connectivity index (χ3n) is 16.5. The summed E-state index contributed by atoms with van der Waals surface area (Å²) in [7, 11) is 0. The monoisotopic (exact) mass is 1760 g/mol. The molecular formula is C74H97Br4IN10O8Zn. The van der Waals surface area contributed by atoms with Crippen LogP contribution in [0.3, 0.4) is 0 Å². The van der Waals surface area contributed by atoms with E-state index >= 15 is 0 Å². The van der Waals surface area contributed by atoms with Gasteiger partial charge in [0.25, 0.3) is 11.4 Å². The number of alkyl halides is 3. The number of piperazine rings is 4. The zero-order chi connectivity index (χ0) is 68.7. The molecule has 0 bridgehead atoms. The molecule has 0 unspecified atom stereocenters. The van der Waals surface area contributed by atoms with Gasteiger partial charge in [0.15, 0.2) is 0 Å². The number of unbranched alkanes of at least 4 members (excludes halogenated alkanes) is 2. The van der Waals surface area contributed by atoms with Gasteiger partial charge in [-0.25, -0.2) is 9.59 Å². The van der Waals surface area contributed by atoms with Gasteiger partial charge in [-0.15, -0.1) is 0 Å². The molecular weight excluding hydrogens is 1670 g/mol. The molecule has 4 fully saturated rings. The average Bonchev–Trinajstić information content (AvgIpc) is 0.805. The van der Waals surface area contributed by atoms with E-state index in [9.17, 15) is 29.8 Å². The minimum Gasteiger partial charge on any atom is -0.369 e. The minimum absolute atomic E-state index is 0. The summed E-state index contributed by atoms with van der Waals surface area (Å²) in [4.78, 5) is 60.9. The predicted octanol–water partition coefficient (Wildman–Crippen LogP) is 16.5. The van der Waals surface area contributed by atoms with Crippen molar-refractivity contribution in [3.63, 3.8) is 0 Å². The normalized spacial score (nSPS) is 14.6. The van der Waals surface area contributed by atoms with Crippen LogP contribution in [0.1, 0.15) is 58.9 Å². The van der Waals surface area contributed by atoms with Crippen molar-refractivity contribution in [2.45, 2.75) is 59.8 Å². The summed E-state index contributed by atoms with van der Waals surface area (Å²) < 4.78 is 10.6. The quantitative estimate of drug-likeness (QED) is 0.0118. The number of nitrogens with one attached hydrogen (secondary N) is 1. The molecule has 2 aromatic heterocycles. The van der Waals surface area contributed by atoms with Gasteiger partial charge < -0.3 is 45.6 Å². The first kappa shape index (κ1) is 85.3. The van der Waals surface area contributed by atoms with Crippen molar-refractivity contribution in [2.75, 3.05) is 160 Å². The third kappa shape index (κ3) is 29.4. The van der Waals surface area contributed by atoms with E-state index in [2.05, 4.69) is 223 Å². The van der Waals surface area contributed by atoms with Crippen molar-refractivity contribution >= 4 is 140 Å². The minimum atomic E-state index is -0.466. The van der Waals surface area contributed by atoms with Gasteiger partial charge in [-0.1, -0.05) is 135 Å². The molecule has 528 valence electrons. The summed E-state index contributed by atoms with van der Waals surface area (Å²) in [6, 6.07) is 53.9. The third-order valence-corrected chi connectivity index (χ3v) is 19.3.